The van der Waals surface area contributed by atoms with Crippen molar-refractivity contribution < 1.29 is 22.8 Å². The van der Waals surface area contributed by atoms with E-state index < -0.39 is 28.6 Å². The number of anilines is 3. The highest BCUT2D eigenvalue weighted by Gasteiger charge is 2.33. The lowest BCUT2D eigenvalue weighted by molar-refractivity contribution is -0.137. The smallest absolute Gasteiger partial charge is 0.372 e. The number of alkyl halides is 3. The molecule has 0 saturated carbocycles. The van der Waals surface area contributed by atoms with Crippen molar-refractivity contribution in [1.82, 2.24) is 0 Å². The molecule has 0 saturated heterocycles. The van der Waals surface area contributed by atoms with E-state index in [0.717, 1.165) is 24.8 Å². The van der Waals surface area contributed by atoms with Crippen molar-refractivity contribution in [3.63, 3.8) is 0 Å². The molecule has 0 aromatic heterocycles. The van der Waals surface area contributed by atoms with Crippen molar-refractivity contribution >= 4 is 40.5 Å². The number of nitrogens with zero attached hydrogens (tertiary/aromatic N) is 1. The highest BCUT2D eigenvalue weighted by molar-refractivity contribution is 6.43. The molecule has 2 amide bonds. The second kappa shape index (κ2) is 8.97. The van der Waals surface area contributed by atoms with Crippen LogP contribution in [0.5, 0.6) is 0 Å². The van der Waals surface area contributed by atoms with E-state index in [1.165, 1.54) is 6.07 Å². The molecule has 0 fully saturated rings. The lowest BCUT2D eigenvalue weighted by atomic mass is 10.2. The normalized spacial score (nSPS) is 11.1. The van der Waals surface area contributed by atoms with E-state index >= 15 is 0 Å². The van der Waals surface area contributed by atoms with Gasteiger partial charge in [-0.2, -0.15) is 13.2 Å². The SMILES string of the molecule is CCN(CC)c1ccc(NC(=O)C(=O)Nc2ccc(Cl)c(C(F)(F)F)c2)cc1. The van der Waals surface area contributed by atoms with Crippen molar-refractivity contribution in [2.75, 3.05) is 28.6 Å². The fourth-order valence-corrected chi connectivity index (χ4v) is 2.77. The molecule has 2 N–H and O–H groups in total. The molecule has 28 heavy (non-hydrogen) atoms. The zero-order valence-electron chi connectivity index (χ0n) is 15.2. The zero-order valence-corrected chi connectivity index (χ0v) is 16.0. The predicted molar refractivity (Wildman–Crippen MR) is 104 cm³/mol. The number of hydrogen-bond acceptors (Lipinski definition) is 3. The van der Waals surface area contributed by atoms with E-state index in [2.05, 4.69) is 15.5 Å². The molecule has 5 nitrogen and oxygen atoms in total. The molecule has 0 aliphatic rings. The molecule has 0 radical (unpaired) electrons. The van der Waals surface area contributed by atoms with Gasteiger partial charge in [0, 0.05) is 30.2 Å². The van der Waals surface area contributed by atoms with Crippen LogP contribution in [0.2, 0.25) is 5.02 Å². The summed E-state index contributed by atoms with van der Waals surface area (Å²) in [6.07, 6.45) is -4.67. The number of amides is 2. The molecular formula is C19H19ClF3N3O2. The Hall–Kier alpha value is -2.74. The molecule has 2 aromatic rings. The van der Waals surface area contributed by atoms with Crippen molar-refractivity contribution in [3.05, 3.63) is 53.1 Å². The first kappa shape index (κ1) is 21.6. The van der Waals surface area contributed by atoms with Gasteiger partial charge < -0.3 is 15.5 Å². The summed E-state index contributed by atoms with van der Waals surface area (Å²) in [6.45, 7) is 5.69. The van der Waals surface area contributed by atoms with Gasteiger partial charge in [0.1, 0.15) is 0 Å². The van der Waals surface area contributed by atoms with Crippen molar-refractivity contribution in [3.8, 4) is 0 Å². The third-order valence-corrected chi connectivity index (χ3v) is 4.32. The van der Waals surface area contributed by atoms with E-state index in [-0.39, 0.29) is 5.69 Å². The fraction of sp³-hybridized carbons (Fsp3) is 0.263. The maximum absolute atomic E-state index is 12.9. The Morgan fingerprint density at radius 3 is 1.93 bits per heavy atom. The maximum Gasteiger partial charge on any atom is 0.417 e. The summed E-state index contributed by atoms with van der Waals surface area (Å²) in [5.41, 5.74) is 0.0737. The van der Waals surface area contributed by atoms with E-state index in [1.54, 1.807) is 24.3 Å². The van der Waals surface area contributed by atoms with Gasteiger partial charge in [0.05, 0.1) is 10.6 Å². The summed E-state index contributed by atoms with van der Waals surface area (Å²) in [7, 11) is 0. The van der Waals surface area contributed by atoms with Gasteiger partial charge in [-0.1, -0.05) is 11.6 Å². The Bertz CT molecular complexity index is 850. The standard InChI is InChI=1S/C19H19ClF3N3O2/c1-3-26(4-2)14-8-5-12(6-9-14)24-17(27)18(28)25-13-7-10-16(20)15(11-13)19(21,22)23/h5-11H,3-4H2,1-2H3,(H,24,27)(H,25,28). The van der Waals surface area contributed by atoms with E-state index in [0.29, 0.717) is 11.8 Å². The van der Waals surface area contributed by atoms with Crippen molar-refractivity contribution in [2.45, 2.75) is 20.0 Å². The van der Waals surface area contributed by atoms with Crippen LogP contribution in [0.25, 0.3) is 0 Å². The zero-order chi connectivity index (χ0) is 20.9. The molecule has 0 aliphatic heterocycles. The van der Waals surface area contributed by atoms with Gasteiger partial charge in [0.15, 0.2) is 0 Å². The average Bonchev–Trinajstić information content (AvgIpc) is 2.64. The van der Waals surface area contributed by atoms with E-state index in [9.17, 15) is 22.8 Å². The number of halogens is 4. The third kappa shape index (κ3) is 5.39. The molecular weight excluding hydrogens is 395 g/mol. The molecule has 0 heterocycles. The van der Waals surface area contributed by atoms with Crippen molar-refractivity contribution in [1.29, 1.82) is 0 Å². The molecule has 0 bridgehead atoms. The molecule has 2 aromatic carbocycles. The molecule has 0 spiro atoms. The van der Waals surface area contributed by atoms with Crippen LogP contribution in [0, 0.1) is 0 Å². The second-order valence-corrected chi connectivity index (χ2v) is 6.23. The Balaban J connectivity index is 2.05. The highest BCUT2D eigenvalue weighted by atomic mass is 35.5. The Labute approximate surface area is 165 Å². The van der Waals surface area contributed by atoms with Gasteiger partial charge in [-0.05, 0) is 56.3 Å². The minimum absolute atomic E-state index is 0.186. The lowest BCUT2D eigenvalue weighted by Crippen LogP contribution is -2.29. The second-order valence-electron chi connectivity index (χ2n) is 5.82. The number of nitrogens with one attached hydrogen (secondary N) is 2. The number of carbonyl (C=O) groups is 2. The summed E-state index contributed by atoms with van der Waals surface area (Å²) < 4.78 is 38.6. The fourth-order valence-electron chi connectivity index (χ4n) is 2.54. The topological polar surface area (TPSA) is 61.4 Å². The van der Waals surface area contributed by atoms with Gasteiger partial charge in [-0.3, -0.25) is 9.59 Å². The van der Waals surface area contributed by atoms with Gasteiger partial charge in [-0.15, -0.1) is 0 Å². The van der Waals surface area contributed by atoms with Crippen LogP contribution in [0.4, 0.5) is 30.2 Å². The minimum Gasteiger partial charge on any atom is -0.372 e. The van der Waals surface area contributed by atoms with Crippen LogP contribution in [-0.4, -0.2) is 24.9 Å². The van der Waals surface area contributed by atoms with Crippen LogP contribution < -0.4 is 15.5 Å². The molecule has 0 unspecified atom stereocenters. The van der Waals surface area contributed by atoms with Gasteiger partial charge in [0.2, 0.25) is 0 Å². The Morgan fingerprint density at radius 1 is 0.929 bits per heavy atom. The summed E-state index contributed by atoms with van der Waals surface area (Å²) in [4.78, 5) is 26.1. The molecule has 0 aliphatic carbocycles. The Morgan fingerprint density at radius 2 is 1.43 bits per heavy atom. The highest BCUT2D eigenvalue weighted by Crippen LogP contribution is 2.36. The maximum atomic E-state index is 12.9. The Kier molecular flexibility index (Phi) is 6.90. The third-order valence-electron chi connectivity index (χ3n) is 3.99. The monoisotopic (exact) mass is 413 g/mol. The van der Waals surface area contributed by atoms with Crippen LogP contribution in [0.3, 0.4) is 0 Å². The van der Waals surface area contributed by atoms with Gasteiger partial charge >= 0.3 is 18.0 Å². The lowest BCUT2D eigenvalue weighted by Gasteiger charge is -2.21. The van der Waals surface area contributed by atoms with E-state index in [4.69, 9.17) is 11.6 Å². The number of rotatable bonds is 5. The first-order chi connectivity index (χ1) is 13.2. The molecule has 9 heteroatoms. The minimum atomic E-state index is -4.67. The first-order valence-electron chi connectivity index (χ1n) is 8.49. The molecule has 0 atom stereocenters. The summed E-state index contributed by atoms with van der Waals surface area (Å²) in [5.74, 6) is -2.10. The number of hydrogen-bond donors (Lipinski definition) is 2. The molecule has 150 valence electrons. The van der Waals surface area contributed by atoms with Crippen molar-refractivity contribution in [2.24, 2.45) is 0 Å². The number of carbonyl (C=O) groups excluding carboxylic acids is 2. The van der Waals surface area contributed by atoms with Crippen LogP contribution in [-0.2, 0) is 15.8 Å². The quantitative estimate of drug-likeness (QED) is 0.693. The van der Waals surface area contributed by atoms with Gasteiger partial charge in [0.25, 0.3) is 0 Å². The predicted octanol–water partition coefficient (Wildman–Crippen LogP) is 4.78. The van der Waals surface area contributed by atoms with Crippen LogP contribution >= 0.6 is 11.6 Å². The average molecular weight is 414 g/mol. The molecule has 2 rings (SSSR count). The first-order valence-corrected chi connectivity index (χ1v) is 8.87. The van der Waals surface area contributed by atoms with E-state index in [1.807, 2.05) is 13.8 Å². The largest absolute Gasteiger partial charge is 0.417 e. The summed E-state index contributed by atoms with van der Waals surface area (Å²) >= 11 is 5.53. The van der Waals surface area contributed by atoms with Crippen LogP contribution in [0.1, 0.15) is 19.4 Å². The van der Waals surface area contributed by atoms with Crippen LogP contribution in [0.15, 0.2) is 42.5 Å². The summed E-state index contributed by atoms with van der Waals surface area (Å²) in [5, 5.41) is 4.04. The number of benzene rings is 2. The van der Waals surface area contributed by atoms with Gasteiger partial charge in [-0.25, -0.2) is 0 Å². The summed E-state index contributed by atoms with van der Waals surface area (Å²) in [6, 6.07) is 9.74.